The highest BCUT2D eigenvalue weighted by atomic mass is 32.1. The number of aryl methyl sites for hydroxylation is 1. The first-order chi connectivity index (χ1) is 11.2. The molecular weight excluding hydrogens is 310 g/mol. The fraction of sp³-hybridized carbons (Fsp3) is 0.294. The van der Waals surface area contributed by atoms with Crippen LogP contribution in [0.4, 0.5) is 0 Å². The van der Waals surface area contributed by atoms with Crippen molar-refractivity contribution in [2.75, 3.05) is 13.2 Å². The lowest BCUT2D eigenvalue weighted by Crippen LogP contribution is -2.34. The third kappa shape index (κ3) is 4.18. The van der Waals surface area contributed by atoms with Gasteiger partial charge in [-0.1, -0.05) is 30.4 Å². The molecule has 0 aliphatic heterocycles. The van der Waals surface area contributed by atoms with Gasteiger partial charge in [0.05, 0.1) is 22.5 Å². The summed E-state index contributed by atoms with van der Waals surface area (Å²) in [5.41, 5.74) is 8.13. The average molecular weight is 329 g/mol. The molecule has 0 spiro atoms. The maximum Gasteiger partial charge on any atom is 0.274 e. The van der Waals surface area contributed by atoms with Crippen LogP contribution in [0.3, 0.4) is 0 Å². The number of nitrogens with zero attached hydrogens (tertiary/aromatic N) is 2. The second-order valence-electron chi connectivity index (χ2n) is 5.21. The topological polar surface area (TPSA) is 70.3 Å². The minimum atomic E-state index is -0.229. The van der Waals surface area contributed by atoms with E-state index in [0.29, 0.717) is 18.4 Å². The summed E-state index contributed by atoms with van der Waals surface area (Å²) < 4.78 is 12.5. The van der Waals surface area contributed by atoms with Gasteiger partial charge in [0.2, 0.25) is 0 Å². The summed E-state index contributed by atoms with van der Waals surface area (Å²) in [6.45, 7) is 2.82. The van der Waals surface area contributed by atoms with Crippen LogP contribution < -0.4 is 15.2 Å². The number of aromatic nitrogens is 2. The van der Waals surface area contributed by atoms with Gasteiger partial charge in [0, 0.05) is 6.20 Å². The Kier molecular flexibility index (Phi) is 5.05. The molecule has 6 heteroatoms. The highest BCUT2D eigenvalue weighted by Crippen LogP contribution is 2.27. The van der Waals surface area contributed by atoms with E-state index < -0.39 is 0 Å². The van der Waals surface area contributed by atoms with Crippen LogP contribution in [0.2, 0.25) is 0 Å². The molecule has 2 heterocycles. The third-order valence-corrected chi connectivity index (χ3v) is 4.29. The van der Waals surface area contributed by atoms with Crippen molar-refractivity contribution in [1.82, 2.24) is 9.97 Å². The van der Waals surface area contributed by atoms with Crippen LogP contribution in [-0.4, -0.2) is 29.2 Å². The van der Waals surface area contributed by atoms with Crippen molar-refractivity contribution in [3.8, 4) is 10.9 Å². The smallest absolute Gasteiger partial charge is 0.274 e. The van der Waals surface area contributed by atoms with E-state index in [-0.39, 0.29) is 6.04 Å². The van der Waals surface area contributed by atoms with Gasteiger partial charge in [-0.3, -0.25) is 4.98 Å². The molecule has 0 fully saturated rings. The van der Waals surface area contributed by atoms with Gasteiger partial charge in [-0.25, -0.2) is 4.98 Å². The predicted molar refractivity (Wildman–Crippen MR) is 92.2 cm³/mol. The van der Waals surface area contributed by atoms with E-state index in [9.17, 15) is 0 Å². The lowest BCUT2D eigenvalue weighted by Gasteiger charge is -2.13. The Balaban J connectivity index is 1.50. The molecule has 23 heavy (non-hydrogen) atoms. The number of rotatable bonds is 7. The monoisotopic (exact) mass is 329 g/mol. The SMILES string of the molecule is CCc1cncc(OC[C@@H](N)COc2nc3ccccc3s2)c1. The van der Waals surface area contributed by atoms with Gasteiger partial charge in [-0.05, 0) is 30.2 Å². The predicted octanol–water partition coefficient (Wildman–Crippen LogP) is 3.04. The number of hydrogen-bond donors (Lipinski definition) is 1. The van der Waals surface area contributed by atoms with Gasteiger partial charge in [0.15, 0.2) is 0 Å². The molecule has 0 aliphatic carbocycles. The highest BCUT2D eigenvalue weighted by molar-refractivity contribution is 7.20. The zero-order valence-electron chi connectivity index (χ0n) is 12.9. The summed E-state index contributed by atoms with van der Waals surface area (Å²) in [7, 11) is 0. The fourth-order valence-corrected chi connectivity index (χ4v) is 2.90. The van der Waals surface area contributed by atoms with Crippen molar-refractivity contribution in [2.24, 2.45) is 5.73 Å². The minimum Gasteiger partial charge on any atom is -0.490 e. The molecule has 3 rings (SSSR count). The number of hydrogen-bond acceptors (Lipinski definition) is 6. The third-order valence-electron chi connectivity index (χ3n) is 3.34. The van der Waals surface area contributed by atoms with Crippen molar-refractivity contribution in [3.63, 3.8) is 0 Å². The quantitative estimate of drug-likeness (QED) is 0.721. The summed E-state index contributed by atoms with van der Waals surface area (Å²) >= 11 is 1.52. The standard InChI is InChI=1S/C17H19N3O2S/c1-2-12-7-14(9-19-8-12)21-10-13(18)11-22-17-20-15-5-3-4-6-16(15)23-17/h3-9,13H,2,10-11,18H2,1H3/t13-/m1/s1. The molecule has 0 bridgehead atoms. The average Bonchev–Trinajstić information content (AvgIpc) is 3.01. The largest absolute Gasteiger partial charge is 0.490 e. The molecule has 0 radical (unpaired) electrons. The fourth-order valence-electron chi connectivity index (χ4n) is 2.08. The number of benzene rings is 1. The molecule has 0 unspecified atom stereocenters. The van der Waals surface area contributed by atoms with Crippen molar-refractivity contribution < 1.29 is 9.47 Å². The van der Waals surface area contributed by atoms with Gasteiger partial charge in [0.1, 0.15) is 19.0 Å². The van der Waals surface area contributed by atoms with Crippen molar-refractivity contribution >= 4 is 21.6 Å². The Morgan fingerprint density at radius 1 is 1.17 bits per heavy atom. The maximum absolute atomic E-state index is 6.04. The van der Waals surface area contributed by atoms with Crippen LogP contribution in [0.25, 0.3) is 10.2 Å². The molecule has 1 atom stereocenters. The highest BCUT2D eigenvalue weighted by Gasteiger charge is 2.09. The molecular formula is C17H19N3O2S. The van der Waals surface area contributed by atoms with Gasteiger partial charge in [-0.15, -0.1) is 0 Å². The van der Waals surface area contributed by atoms with Crippen LogP contribution in [0, 0.1) is 0 Å². The minimum absolute atomic E-state index is 0.229. The second kappa shape index (κ2) is 7.39. The molecule has 1 aromatic carbocycles. The molecule has 0 amide bonds. The number of pyridine rings is 1. The lowest BCUT2D eigenvalue weighted by atomic mass is 10.2. The summed E-state index contributed by atoms with van der Waals surface area (Å²) in [6, 6.07) is 9.69. The van der Waals surface area contributed by atoms with Crippen LogP contribution >= 0.6 is 11.3 Å². The Bertz CT molecular complexity index is 742. The Morgan fingerprint density at radius 2 is 2.00 bits per heavy atom. The van der Waals surface area contributed by atoms with E-state index in [2.05, 4.69) is 16.9 Å². The number of para-hydroxylation sites is 1. The zero-order chi connectivity index (χ0) is 16.1. The van der Waals surface area contributed by atoms with Crippen molar-refractivity contribution in [3.05, 3.63) is 48.3 Å². The Morgan fingerprint density at radius 3 is 2.83 bits per heavy atom. The van der Waals surface area contributed by atoms with Gasteiger partial charge < -0.3 is 15.2 Å². The molecule has 5 nitrogen and oxygen atoms in total. The first-order valence-electron chi connectivity index (χ1n) is 7.55. The summed E-state index contributed by atoms with van der Waals surface area (Å²) in [6.07, 6.45) is 4.46. The molecule has 2 aromatic heterocycles. The van der Waals surface area contributed by atoms with E-state index in [1.165, 1.54) is 11.3 Å². The van der Waals surface area contributed by atoms with E-state index in [1.54, 1.807) is 6.20 Å². The van der Waals surface area contributed by atoms with Gasteiger partial charge in [-0.2, -0.15) is 0 Å². The lowest BCUT2D eigenvalue weighted by molar-refractivity contribution is 0.219. The van der Waals surface area contributed by atoms with E-state index in [1.807, 2.05) is 36.5 Å². The number of nitrogens with two attached hydrogens (primary N) is 1. The molecule has 0 saturated carbocycles. The summed E-state index contributed by atoms with van der Waals surface area (Å²) in [5.74, 6) is 0.736. The number of ether oxygens (including phenoxy) is 2. The van der Waals surface area contributed by atoms with Gasteiger partial charge in [0.25, 0.3) is 5.19 Å². The maximum atomic E-state index is 6.04. The first-order valence-corrected chi connectivity index (χ1v) is 8.37. The van der Waals surface area contributed by atoms with Crippen molar-refractivity contribution in [2.45, 2.75) is 19.4 Å². The summed E-state index contributed by atoms with van der Waals surface area (Å²) in [5, 5.41) is 0.635. The van der Waals surface area contributed by atoms with Crippen LogP contribution in [0.5, 0.6) is 10.9 Å². The first kappa shape index (κ1) is 15.7. The molecule has 120 valence electrons. The van der Waals surface area contributed by atoms with Gasteiger partial charge >= 0.3 is 0 Å². The van der Waals surface area contributed by atoms with Crippen molar-refractivity contribution in [1.29, 1.82) is 0 Å². The van der Waals surface area contributed by atoms with Crippen LogP contribution in [0.1, 0.15) is 12.5 Å². The Labute approximate surface area is 139 Å². The van der Waals surface area contributed by atoms with E-state index in [4.69, 9.17) is 15.2 Å². The second-order valence-corrected chi connectivity index (χ2v) is 6.21. The van der Waals surface area contributed by atoms with E-state index >= 15 is 0 Å². The normalized spacial score (nSPS) is 12.3. The molecule has 3 aromatic rings. The zero-order valence-corrected chi connectivity index (χ0v) is 13.8. The number of thiazole rings is 1. The molecule has 2 N–H and O–H groups in total. The summed E-state index contributed by atoms with van der Waals surface area (Å²) in [4.78, 5) is 8.56. The number of fused-ring (bicyclic) bond motifs is 1. The Hall–Kier alpha value is -2.18. The molecule has 0 saturated heterocycles. The van der Waals surface area contributed by atoms with Crippen LogP contribution in [-0.2, 0) is 6.42 Å². The molecule has 0 aliphatic rings. The van der Waals surface area contributed by atoms with E-state index in [0.717, 1.165) is 28.0 Å². The van der Waals surface area contributed by atoms with Crippen LogP contribution in [0.15, 0.2) is 42.7 Å².